The molecule has 0 saturated carbocycles. The van der Waals surface area contributed by atoms with E-state index in [1.54, 1.807) is 7.11 Å². The lowest BCUT2D eigenvalue weighted by atomic mass is 10.2. The molecule has 0 unspecified atom stereocenters. The molecule has 0 radical (unpaired) electrons. The fourth-order valence-electron chi connectivity index (χ4n) is 2.65. The molecule has 6 heteroatoms. The van der Waals surface area contributed by atoms with Gasteiger partial charge in [0.05, 0.1) is 0 Å². The van der Waals surface area contributed by atoms with E-state index in [4.69, 9.17) is 4.74 Å². The summed E-state index contributed by atoms with van der Waals surface area (Å²) in [5.74, 6) is 2.35. The number of aromatic nitrogens is 2. The average molecular weight is 343 g/mol. The quantitative estimate of drug-likeness (QED) is 0.640. The number of benzene rings is 1. The van der Waals surface area contributed by atoms with Crippen LogP contribution < -0.4 is 15.5 Å². The van der Waals surface area contributed by atoms with Gasteiger partial charge in [0, 0.05) is 50.8 Å². The molecule has 0 amide bonds. The van der Waals surface area contributed by atoms with Gasteiger partial charge in [-0.3, -0.25) is 0 Å². The number of nitrogens with one attached hydrogen (secondary N) is 2. The highest BCUT2D eigenvalue weighted by Crippen LogP contribution is 2.21. The first-order valence-electron chi connectivity index (χ1n) is 8.86. The van der Waals surface area contributed by atoms with E-state index < -0.39 is 0 Å². The lowest BCUT2D eigenvalue weighted by molar-refractivity contribution is 0.198. The minimum atomic E-state index is 0.735. The Morgan fingerprint density at radius 2 is 1.72 bits per heavy atom. The second-order valence-corrected chi connectivity index (χ2v) is 5.80. The van der Waals surface area contributed by atoms with E-state index in [-0.39, 0.29) is 0 Å². The maximum Gasteiger partial charge on any atom is 0.136 e. The van der Waals surface area contributed by atoms with Crippen LogP contribution >= 0.6 is 0 Å². The molecule has 2 rings (SSSR count). The average Bonchev–Trinajstić information content (AvgIpc) is 2.61. The molecule has 1 heterocycles. The third kappa shape index (κ3) is 5.90. The molecule has 1 aromatic heterocycles. The zero-order chi connectivity index (χ0) is 18.1. The highest BCUT2D eigenvalue weighted by molar-refractivity contribution is 5.62. The molecule has 0 aliphatic rings. The van der Waals surface area contributed by atoms with Gasteiger partial charge < -0.3 is 20.3 Å². The van der Waals surface area contributed by atoms with Crippen molar-refractivity contribution in [3.63, 3.8) is 0 Å². The molecule has 0 saturated heterocycles. The number of aryl methyl sites for hydroxylation is 1. The number of ether oxygens (including phenoxy) is 1. The van der Waals surface area contributed by atoms with Crippen molar-refractivity contribution >= 4 is 23.0 Å². The van der Waals surface area contributed by atoms with Crippen LogP contribution in [-0.4, -0.2) is 43.3 Å². The largest absolute Gasteiger partial charge is 0.385 e. The van der Waals surface area contributed by atoms with E-state index in [0.717, 1.165) is 55.8 Å². The van der Waals surface area contributed by atoms with Crippen LogP contribution in [0.2, 0.25) is 0 Å². The normalized spacial score (nSPS) is 10.6. The molecule has 0 bridgehead atoms. The lowest BCUT2D eigenvalue weighted by Gasteiger charge is -2.21. The van der Waals surface area contributed by atoms with Crippen molar-refractivity contribution < 1.29 is 4.74 Å². The van der Waals surface area contributed by atoms with E-state index in [1.165, 1.54) is 5.69 Å². The van der Waals surface area contributed by atoms with Crippen molar-refractivity contribution in [2.24, 2.45) is 0 Å². The smallest absolute Gasteiger partial charge is 0.136 e. The fourth-order valence-corrected chi connectivity index (χ4v) is 2.65. The monoisotopic (exact) mass is 343 g/mol. The van der Waals surface area contributed by atoms with Gasteiger partial charge in [0.2, 0.25) is 0 Å². The summed E-state index contributed by atoms with van der Waals surface area (Å²) < 4.78 is 5.06. The van der Waals surface area contributed by atoms with Crippen molar-refractivity contribution in [1.29, 1.82) is 0 Å². The van der Waals surface area contributed by atoms with Gasteiger partial charge in [-0.1, -0.05) is 0 Å². The van der Waals surface area contributed by atoms with Gasteiger partial charge in [-0.25, -0.2) is 9.97 Å². The van der Waals surface area contributed by atoms with Gasteiger partial charge in [-0.15, -0.1) is 0 Å². The number of methoxy groups -OCH3 is 1. The van der Waals surface area contributed by atoms with Gasteiger partial charge >= 0.3 is 0 Å². The fraction of sp³-hybridized carbons (Fsp3) is 0.474. The second-order valence-electron chi connectivity index (χ2n) is 5.80. The van der Waals surface area contributed by atoms with Crippen molar-refractivity contribution in [1.82, 2.24) is 9.97 Å². The van der Waals surface area contributed by atoms with E-state index in [1.807, 2.05) is 13.0 Å². The molecule has 0 fully saturated rings. The van der Waals surface area contributed by atoms with E-state index in [9.17, 15) is 0 Å². The standard InChI is InChI=1S/C19H29N5O/c1-5-24(6-2)17-10-8-16(9-11-17)23-19-14-18(21-15(3)22-19)20-12-7-13-25-4/h8-11,14H,5-7,12-13H2,1-4H3,(H2,20,21,22,23). The minimum Gasteiger partial charge on any atom is -0.385 e. The molecule has 25 heavy (non-hydrogen) atoms. The molecule has 0 aliphatic heterocycles. The number of rotatable bonds is 10. The Kier molecular flexibility index (Phi) is 7.47. The van der Waals surface area contributed by atoms with Gasteiger partial charge in [-0.2, -0.15) is 0 Å². The number of hydrogen-bond acceptors (Lipinski definition) is 6. The molecule has 0 atom stereocenters. The predicted octanol–water partition coefficient (Wildman–Crippen LogP) is 3.82. The molecule has 0 spiro atoms. The van der Waals surface area contributed by atoms with Crippen molar-refractivity contribution in [2.45, 2.75) is 27.2 Å². The highest BCUT2D eigenvalue weighted by Gasteiger charge is 2.04. The third-order valence-corrected chi connectivity index (χ3v) is 3.94. The highest BCUT2D eigenvalue weighted by atomic mass is 16.5. The molecule has 2 aromatic rings. The second kappa shape index (κ2) is 9.84. The van der Waals surface area contributed by atoms with Crippen LogP contribution in [-0.2, 0) is 4.74 Å². The SMILES string of the molecule is CCN(CC)c1ccc(Nc2cc(NCCCOC)nc(C)n2)cc1. The Morgan fingerprint density at radius 1 is 1.04 bits per heavy atom. The maximum atomic E-state index is 5.06. The zero-order valence-electron chi connectivity index (χ0n) is 15.7. The summed E-state index contributed by atoms with van der Waals surface area (Å²) in [6, 6.07) is 10.4. The number of anilines is 4. The van der Waals surface area contributed by atoms with Crippen LogP contribution in [0.5, 0.6) is 0 Å². The molecular formula is C19H29N5O. The van der Waals surface area contributed by atoms with Gasteiger partial charge in [0.1, 0.15) is 17.5 Å². The molecular weight excluding hydrogens is 314 g/mol. The summed E-state index contributed by atoms with van der Waals surface area (Å²) in [4.78, 5) is 11.2. The van der Waals surface area contributed by atoms with E-state index in [0.29, 0.717) is 0 Å². The number of hydrogen-bond donors (Lipinski definition) is 2. The van der Waals surface area contributed by atoms with Crippen molar-refractivity contribution in [2.75, 3.05) is 48.9 Å². The van der Waals surface area contributed by atoms with Gasteiger partial charge in [-0.05, 0) is 51.5 Å². The molecule has 0 aliphatic carbocycles. The van der Waals surface area contributed by atoms with E-state index in [2.05, 4.69) is 63.6 Å². The first-order valence-corrected chi connectivity index (χ1v) is 8.86. The summed E-state index contributed by atoms with van der Waals surface area (Å²) in [5, 5.41) is 6.66. The van der Waals surface area contributed by atoms with Gasteiger partial charge in [0.15, 0.2) is 0 Å². The Balaban J connectivity index is 2.02. The van der Waals surface area contributed by atoms with E-state index >= 15 is 0 Å². The topological polar surface area (TPSA) is 62.3 Å². The summed E-state index contributed by atoms with van der Waals surface area (Å²) >= 11 is 0. The maximum absolute atomic E-state index is 5.06. The first kappa shape index (κ1) is 19.0. The summed E-state index contributed by atoms with van der Waals surface area (Å²) in [7, 11) is 1.71. The Bertz CT molecular complexity index is 641. The molecule has 136 valence electrons. The van der Waals surface area contributed by atoms with Crippen molar-refractivity contribution in [3.05, 3.63) is 36.2 Å². The Hall–Kier alpha value is -2.34. The predicted molar refractivity (Wildman–Crippen MR) is 105 cm³/mol. The first-order chi connectivity index (χ1) is 12.2. The van der Waals surface area contributed by atoms with Gasteiger partial charge in [0.25, 0.3) is 0 Å². The minimum absolute atomic E-state index is 0.735. The summed E-state index contributed by atoms with van der Waals surface area (Å²) in [5.41, 5.74) is 2.24. The van der Waals surface area contributed by atoms with Crippen LogP contribution in [0.3, 0.4) is 0 Å². The van der Waals surface area contributed by atoms with Crippen LogP contribution in [0.25, 0.3) is 0 Å². The number of nitrogens with zero attached hydrogens (tertiary/aromatic N) is 3. The van der Waals surface area contributed by atoms with Crippen molar-refractivity contribution in [3.8, 4) is 0 Å². The molecule has 6 nitrogen and oxygen atoms in total. The Morgan fingerprint density at radius 3 is 2.36 bits per heavy atom. The van der Waals surface area contributed by atoms with Crippen LogP contribution in [0.15, 0.2) is 30.3 Å². The summed E-state index contributed by atoms with van der Waals surface area (Å²) in [6.07, 6.45) is 0.940. The van der Waals surface area contributed by atoms with Crippen LogP contribution in [0, 0.1) is 6.92 Å². The molecule has 2 N–H and O–H groups in total. The third-order valence-electron chi connectivity index (χ3n) is 3.94. The van der Waals surface area contributed by atoms with Crippen LogP contribution in [0.1, 0.15) is 26.1 Å². The lowest BCUT2D eigenvalue weighted by Crippen LogP contribution is -2.21. The van der Waals surface area contributed by atoms with Crippen LogP contribution in [0.4, 0.5) is 23.0 Å². The summed E-state index contributed by atoms with van der Waals surface area (Å²) in [6.45, 7) is 9.80. The molecule has 1 aromatic carbocycles. The Labute approximate surface area is 150 Å². The zero-order valence-corrected chi connectivity index (χ0v) is 15.7.